The molecule has 0 bridgehead atoms. The second kappa shape index (κ2) is 10.6. The van der Waals surface area contributed by atoms with Gasteiger partial charge in [0.2, 0.25) is 0 Å². The Labute approximate surface area is 160 Å². The first-order chi connectivity index (χ1) is 13.3. The number of anilines is 1. The van der Waals surface area contributed by atoms with Crippen molar-refractivity contribution in [3.8, 4) is 0 Å². The summed E-state index contributed by atoms with van der Waals surface area (Å²) in [6.07, 6.45) is 6.09. The van der Waals surface area contributed by atoms with Crippen LogP contribution in [0.4, 0.5) is 10.5 Å². The van der Waals surface area contributed by atoms with Crippen LogP contribution in [0.3, 0.4) is 0 Å². The van der Waals surface area contributed by atoms with Crippen molar-refractivity contribution in [2.24, 2.45) is 0 Å². The van der Waals surface area contributed by atoms with E-state index in [2.05, 4.69) is 15.6 Å². The second-order valence-corrected chi connectivity index (χ2v) is 6.66. The smallest absolute Gasteiger partial charge is 0.319 e. The number of carbonyl (C=O) groups excluding carboxylic acids is 1. The third-order valence-electron chi connectivity index (χ3n) is 4.42. The molecule has 0 unspecified atom stereocenters. The molecule has 144 valence electrons. The topological polar surface area (TPSA) is 72.5 Å². The molecule has 0 saturated carbocycles. The highest BCUT2D eigenvalue weighted by Crippen LogP contribution is 2.15. The predicted octanol–water partition coefficient (Wildman–Crippen LogP) is 3.53. The SMILES string of the molecule is O=C(NCCc1ccccn1)Nc1cccc(COC[C@@H]2CCCCO2)c1. The Hall–Kier alpha value is -2.44. The third-order valence-corrected chi connectivity index (χ3v) is 4.42. The van der Waals surface area contributed by atoms with Crippen molar-refractivity contribution in [1.29, 1.82) is 0 Å². The van der Waals surface area contributed by atoms with Gasteiger partial charge in [-0.05, 0) is 49.1 Å². The lowest BCUT2D eigenvalue weighted by Crippen LogP contribution is -2.30. The van der Waals surface area contributed by atoms with Gasteiger partial charge in [-0.2, -0.15) is 0 Å². The minimum absolute atomic E-state index is 0.213. The summed E-state index contributed by atoms with van der Waals surface area (Å²) in [7, 11) is 0. The van der Waals surface area contributed by atoms with Crippen LogP contribution in [0.2, 0.25) is 0 Å². The molecule has 2 amide bonds. The molecule has 1 aromatic heterocycles. The van der Waals surface area contributed by atoms with Gasteiger partial charge in [0.05, 0.1) is 19.3 Å². The van der Waals surface area contributed by atoms with Gasteiger partial charge in [0.15, 0.2) is 0 Å². The Balaban J connectivity index is 1.38. The number of aromatic nitrogens is 1. The van der Waals surface area contributed by atoms with Crippen LogP contribution in [0.15, 0.2) is 48.7 Å². The average Bonchev–Trinajstić information content (AvgIpc) is 2.70. The number of hydrogen-bond acceptors (Lipinski definition) is 4. The molecule has 1 aliphatic rings. The molecule has 1 fully saturated rings. The Morgan fingerprint density at radius 3 is 3.00 bits per heavy atom. The maximum absolute atomic E-state index is 12.0. The number of nitrogens with zero attached hydrogens (tertiary/aromatic N) is 1. The first-order valence-electron chi connectivity index (χ1n) is 9.52. The van der Waals surface area contributed by atoms with Crippen LogP contribution in [0.5, 0.6) is 0 Å². The molecular weight excluding hydrogens is 342 g/mol. The van der Waals surface area contributed by atoms with E-state index in [1.165, 1.54) is 6.42 Å². The average molecular weight is 369 g/mol. The summed E-state index contributed by atoms with van der Waals surface area (Å²) in [5, 5.41) is 5.71. The van der Waals surface area contributed by atoms with E-state index in [0.29, 0.717) is 26.2 Å². The minimum atomic E-state index is -0.223. The number of urea groups is 1. The van der Waals surface area contributed by atoms with E-state index < -0.39 is 0 Å². The van der Waals surface area contributed by atoms with Gasteiger partial charge < -0.3 is 20.1 Å². The van der Waals surface area contributed by atoms with Crippen LogP contribution in [0.25, 0.3) is 0 Å². The van der Waals surface area contributed by atoms with Gasteiger partial charge in [-0.3, -0.25) is 4.98 Å². The second-order valence-electron chi connectivity index (χ2n) is 6.66. The first-order valence-corrected chi connectivity index (χ1v) is 9.52. The first kappa shape index (κ1) is 19.3. The zero-order valence-electron chi connectivity index (χ0n) is 15.5. The number of hydrogen-bond donors (Lipinski definition) is 2. The van der Waals surface area contributed by atoms with Crippen molar-refractivity contribution < 1.29 is 14.3 Å². The fourth-order valence-electron chi connectivity index (χ4n) is 3.01. The lowest BCUT2D eigenvalue weighted by Gasteiger charge is -2.22. The molecule has 0 radical (unpaired) electrons. The molecule has 3 rings (SSSR count). The standard InChI is InChI=1S/C21H27N3O3/c25-21(23-12-10-18-7-1-3-11-22-18)24-19-8-5-6-17(14-19)15-26-16-20-9-2-4-13-27-20/h1,3,5-8,11,14,20H,2,4,9-10,12-13,15-16H2,(H2,23,24,25)/t20-/m0/s1. The van der Waals surface area contributed by atoms with E-state index in [1.807, 2.05) is 42.5 Å². The molecule has 2 N–H and O–H groups in total. The van der Waals surface area contributed by atoms with E-state index >= 15 is 0 Å². The molecule has 1 aromatic carbocycles. The maximum Gasteiger partial charge on any atom is 0.319 e. The summed E-state index contributed by atoms with van der Waals surface area (Å²) >= 11 is 0. The molecule has 0 aliphatic carbocycles. The van der Waals surface area contributed by atoms with Crippen molar-refractivity contribution in [3.05, 3.63) is 59.9 Å². The quantitative estimate of drug-likeness (QED) is 0.747. The molecule has 0 spiro atoms. The van der Waals surface area contributed by atoms with Crippen molar-refractivity contribution in [1.82, 2.24) is 10.3 Å². The van der Waals surface area contributed by atoms with Gasteiger partial charge in [-0.25, -0.2) is 4.79 Å². The van der Waals surface area contributed by atoms with Crippen molar-refractivity contribution in [3.63, 3.8) is 0 Å². The zero-order valence-corrected chi connectivity index (χ0v) is 15.5. The van der Waals surface area contributed by atoms with Crippen LogP contribution >= 0.6 is 0 Å². The van der Waals surface area contributed by atoms with Crippen LogP contribution in [-0.2, 0) is 22.5 Å². The van der Waals surface area contributed by atoms with Gasteiger partial charge >= 0.3 is 6.03 Å². The summed E-state index contributed by atoms with van der Waals surface area (Å²) in [5.74, 6) is 0. The number of pyridine rings is 1. The summed E-state index contributed by atoms with van der Waals surface area (Å²) in [5.41, 5.74) is 2.73. The van der Waals surface area contributed by atoms with Gasteiger partial charge in [0.25, 0.3) is 0 Å². The number of ether oxygens (including phenoxy) is 2. The minimum Gasteiger partial charge on any atom is -0.376 e. The van der Waals surface area contributed by atoms with Crippen molar-refractivity contribution in [2.45, 2.75) is 38.4 Å². The summed E-state index contributed by atoms with van der Waals surface area (Å²) in [6.45, 7) is 2.50. The zero-order chi connectivity index (χ0) is 18.7. The molecule has 2 aromatic rings. The molecule has 1 aliphatic heterocycles. The van der Waals surface area contributed by atoms with E-state index in [9.17, 15) is 4.79 Å². The Bertz CT molecular complexity index is 703. The number of benzene rings is 1. The van der Waals surface area contributed by atoms with E-state index in [-0.39, 0.29) is 12.1 Å². The summed E-state index contributed by atoms with van der Waals surface area (Å²) in [4.78, 5) is 16.3. The van der Waals surface area contributed by atoms with Crippen LogP contribution in [-0.4, -0.2) is 36.9 Å². The Kier molecular flexibility index (Phi) is 7.62. The lowest BCUT2D eigenvalue weighted by atomic mass is 10.1. The lowest BCUT2D eigenvalue weighted by molar-refractivity contribution is -0.0447. The summed E-state index contributed by atoms with van der Waals surface area (Å²) in [6, 6.07) is 13.2. The highest BCUT2D eigenvalue weighted by Gasteiger charge is 2.13. The highest BCUT2D eigenvalue weighted by atomic mass is 16.5. The summed E-state index contributed by atoms with van der Waals surface area (Å²) < 4.78 is 11.4. The largest absolute Gasteiger partial charge is 0.376 e. The van der Waals surface area contributed by atoms with Gasteiger partial charge in [-0.1, -0.05) is 18.2 Å². The molecule has 6 heteroatoms. The molecule has 27 heavy (non-hydrogen) atoms. The predicted molar refractivity (Wildman–Crippen MR) is 105 cm³/mol. The molecule has 1 atom stereocenters. The van der Waals surface area contributed by atoms with E-state index in [0.717, 1.165) is 36.4 Å². The number of amides is 2. The highest BCUT2D eigenvalue weighted by molar-refractivity contribution is 5.89. The number of nitrogens with one attached hydrogen (secondary N) is 2. The van der Waals surface area contributed by atoms with Crippen LogP contribution in [0.1, 0.15) is 30.5 Å². The van der Waals surface area contributed by atoms with E-state index in [4.69, 9.17) is 9.47 Å². The molecule has 6 nitrogen and oxygen atoms in total. The van der Waals surface area contributed by atoms with Crippen molar-refractivity contribution >= 4 is 11.7 Å². The molecule has 1 saturated heterocycles. The Morgan fingerprint density at radius 1 is 1.22 bits per heavy atom. The number of rotatable bonds is 8. The monoisotopic (exact) mass is 369 g/mol. The number of carbonyl (C=O) groups is 1. The maximum atomic E-state index is 12.0. The fraction of sp³-hybridized carbons (Fsp3) is 0.429. The normalized spacial score (nSPS) is 16.7. The fourth-order valence-corrected chi connectivity index (χ4v) is 3.01. The van der Waals surface area contributed by atoms with Crippen LogP contribution in [0, 0.1) is 0 Å². The molecule has 2 heterocycles. The van der Waals surface area contributed by atoms with E-state index in [1.54, 1.807) is 6.20 Å². The van der Waals surface area contributed by atoms with Crippen LogP contribution < -0.4 is 10.6 Å². The van der Waals surface area contributed by atoms with Gasteiger partial charge in [0.1, 0.15) is 0 Å². The third kappa shape index (κ3) is 7.00. The van der Waals surface area contributed by atoms with Gasteiger partial charge in [0, 0.05) is 37.2 Å². The van der Waals surface area contributed by atoms with Gasteiger partial charge in [-0.15, -0.1) is 0 Å². The van der Waals surface area contributed by atoms with Crippen molar-refractivity contribution in [2.75, 3.05) is 25.1 Å². The molecular formula is C21H27N3O3. The Morgan fingerprint density at radius 2 is 2.19 bits per heavy atom.